The molecule has 2 saturated heterocycles. The van der Waals surface area contributed by atoms with Crippen LogP contribution in [0.4, 0.5) is 23.3 Å². The summed E-state index contributed by atoms with van der Waals surface area (Å²) >= 11 is 0. The summed E-state index contributed by atoms with van der Waals surface area (Å²) in [6.07, 6.45) is 9.59. The number of fused-ring (bicyclic) bond motifs is 2. The molecule has 2 atom stereocenters. The molecule has 20 nitrogen and oxygen atoms in total. The number of hydrogen-bond acceptors (Lipinski definition) is 18. The van der Waals surface area contributed by atoms with Gasteiger partial charge in [-0.3, -0.25) is 0 Å². The van der Waals surface area contributed by atoms with Crippen molar-refractivity contribution in [3.05, 3.63) is 90.0 Å². The first kappa shape index (κ1) is 57.0. The van der Waals surface area contributed by atoms with Gasteiger partial charge in [0.05, 0.1) is 43.4 Å². The Morgan fingerprint density at radius 1 is 0.676 bits per heavy atom. The molecule has 0 radical (unpaired) electrons. The van der Waals surface area contributed by atoms with Crippen LogP contribution in [0.3, 0.4) is 0 Å². The molecular formula is C47H61N12NaO8S3. The minimum Gasteiger partial charge on any atom is -0.857 e. The Labute approximate surface area is 438 Å². The zero-order valence-corrected chi connectivity index (χ0v) is 46.7. The van der Waals surface area contributed by atoms with Crippen LogP contribution in [0.5, 0.6) is 0 Å². The first-order valence-electron chi connectivity index (χ1n) is 22.2. The number of nitrogens with zero attached hydrogens (tertiary/aromatic N) is 11. The van der Waals surface area contributed by atoms with E-state index in [0.29, 0.717) is 78.7 Å². The number of aromatic nitrogens is 8. The summed E-state index contributed by atoms with van der Waals surface area (Å²) in [4.78, 5) is 35.5. The second-order valence-electron chi connectivity index (χ2n) is 17.1. The minimum atomic E-state index is -3.90. The fourth-order valence-electron chi connectivity index (χ4n) is 7.93. The van der Waals surface area contributed by atoms with E-state index in [2.05, 4.69) is 50.4 Å². The molecule has 1 aromatic carbocycles. The molecule has 9 rings (SSSR count). The molecule has 376 valence electrons. The maximum absolute atomic E-state index is 13.6. The molecule has 0 saturated carbocycles. The van der Waals surface area contributed by atoms with E-state index in [-0.39, 0.29) is 52.2 Å². The van der Waals surface area contributed by atoms with Gasteiger partial charge in [-0.2, -0.15) is 15.8 Å². The fourth-order valence-corrected chi connectivity index (χ4v) is 10.5. The number of ether oxygens (including phenoxy) is 2. The van der Waals surface area contributed by atoms with E-state index in [1.807, 2.05) is 32.9 Å². The summed E-state index contributed by atoms with van der Waals surface area (Å²) in [5.41, 5.74) is 5.03. The van der Waals surface area contributed by atoms with Crippen LogP contribution in [-0.2, 0) is 39.0 Å². The third-order valence-corrected chi connectivity index (χ3v) is 14.0. The van der Waals surface area contributed by atoms with Gasteiger partial charge in [-0.15, -0.1) is 0 Å². The summed E-state index contributed by atoms with van der Waals surface area (Å²) in [5, 5.41) is 16.8. The third kappa shape index (κ3) is 13.8. The van der Waals surface area contributed by atoms with E-state index in [1.165, 1.54) is 3.97 Å². The number of aliphatic hydroxyl groups is 1. The van der Waals surface area contributed by atoms with Crippen LogP contribution in [0.2, 0.25) is 0 Å². The smallest absolute Gasteiger partial charge is 0.857 e. The van der Waals surface area contributed by atoms with Crippen LogP contribution >= 0.6 is 0 Å². The fraction of sp³-hybridized carbons (Fsp3) is 0.404. The van der Waals surface area contributed by atoms with Gasteiger partial charge in [0.2, 0.25) is 0 Å². The molecule has 0 spiro atoms. The summed E-state index contributed by atoms with van der Waals surface area (Å²) in [6.45, 7) is 13.5. The summed E-state index contributed by atoms with van der Waals surface area (Å²) < 4.78 is 73.2. The van der Waals surface area contributed by atoms with Crippen LogP contribution in [0.25, 0.3) is 44.8 Å². The molecule has 0 amide bonds. The molecule has 2 fully saturated rings. The normalized spacial score (nSPS) is 16.1. The monoisotopic (exact) mass is 1040 g/mol. The number of hydrogen-bond donors (Lipinski definition) is 2. The predicted molar refractivity (Wildman–Crippen MR) is 275 cm³/mol. The molecule has 2 aliphatic heterocycles. The SMILES string of the molecule is CO.C[O-].Cc1cc2c(-c3nc(N=S(C)(C)=O)cc(N4CCOC[C@H]4C)n3)ccnc2[nH]1.Cc1ccc(S(=O)(=O)n2c(C)cc3c(-c4nc(N=S(C)(C)=O)cc(N5CCOC[C@H]5C)n4)ccnc32)cc1.[Na+]. The Hall–Kier alpha value is -4.95. The molecule has 71 heavy (non-hydrogen) atoms. The zero-order chi connectivity index (χ0) is 51.1. The van der Waals surface area contributed by atoms with Gasteiger partial charge in [0.1, 0.15) is 17.3 Å². The van der Waals surface area contributed by atoms with Crippen LogP contribution in [0.1, 0.15) is 30.8 Å². The number of rotatable bonds is 8. The summed E-state index contributed by atoms with van der Waals surface area (Å²) in [6, 6.07) is 18.0. The van der Waals surface area contributed by atoms with Crippen molar-refractivity contribution < 1.29 is 66.1 Å². The van der Waals surface area contributed by atoms with Gasteiger partial charge in [0.15, 0.2) is 28.9 Å². The van der Waals surface area contributed by atoms with Gasteiger partial charge < -0.3 is 34.5 Å². The second kappa shape index (κ2) is 24.2. The van der Waals surface area contributed by atoms with E-state index in [4.69, 9.17) is 29.7 Å². The number of morpholine rings is 2. The van der Waals surface area contributed by atoms with E-state index >= 15 is 0 Å². The Morgan fingerprint density at radius 2 is 1.15 bits per heavy atom. The zero-order valence-electron chi connectivity index (χ0n) is 42.3. The van der Waals surface area contributed by atoms with Gasteiger partial charge in [0, 0.05) is 122 Å². The Kier molecular flexibility index (Phi) is 19.4. The van der Waals surface area contributed by atoms with Crippen molar-refractivity contribution in [2.45, 2.75) is 51.6 Å². The molecule has 2 N–H and O–H groups in total. The van der Waals surface area contributed by atoms with Crippen molar-refractivity contribution in [1.82, 2.24) is 38.9 Å². The average molecular weight is 1040 g/mol. The molecule has 6 aromatic heterocycles. The topological polar surface area (TPSA) is 259 Å². The maximum atomic E-state index is 13.6. The van der Waals surface area contributed by atoms with Crippen molar-refractivity contribution in [3.8, 4) is 22.8 Å². The standard InChI is InChI=1S/C26H30N6O4S2.C19H24N6O2S.CH4O.CH3O.Na/c1-17-6-8-20(9-7-17)38(34,35)32-18(2)14-22-21(10-11-27-26(22)32)25-28-23(30-37(4,5)33)15-24(29-25)31-12-13-36-16-19(31)3;1-12-9-15-14(5-6-20-18(15)21-12)19-22-16(24-28(3,4)26)10-17(23-19)25-7-8-27-11-13(25)2;2*1-2;/h6-11,14-15,19H,12-13,16H2,1-5H3;5-6,9-10,13H,7-8,11H2,1-4H3,(H,20,21);2H,1H3;1H3;/q;;;-1;+1/t19-;13-;;;/m11.../s1. The van der Waals surface area contributed by atoms with E-state index in [9.17, 15) is 16.8 Å². The van der Waals surface area contributed by atoms with Crippen LogP contribution < -0.4 is 44.5 Å². The van der Waals surface area contributed by atoms with Crippen molar-refractivity contribution in [2.75, 3.05) is 88.6 Å². The van der Waals surface area contributed by atoms with Gasteiger partial charge in [-0.1, -0.05) is 17.7 Å². The predicted octanol–water partition coefficient (Wildman–Crippen LogP) is 2.43. The summed E-state index contributed by atoms with van der Waals surface area (Å²) in [5.74, 6) is 3.02. The Balaban J connectivity index is 0.000000253. The Bertz CT molecular complexity index is 3340. The largest absolute Gasteiger partial charge is 1.00 e. The molecular weight excluding hydrogens is 980 g/mol. The van der Waals surface area contributed by atoms with E-state index < -0.39 is 29.5 Å². The maximum Gasteiger partial charge on any atom is 1.00 e. The van der Waals surface area contributed by atoms with E-state index in [1.54, 1.807) is 92.9 Å². The number of aliphatic hydroxyl groups excluding tert-OH is 1. The first-order chi connectivity index (χ1) is 33.2. The van der Waals surface area contributed by atoms with Gasteiger partial charge in [-0.25, -0.2) is 50.7 Å². The van der Waals surface area contributed by atoms with Crippen molar-refractivity contribution in [2.24, 2.45) is 8.73 Å². The van der Waals surface area contributed by atoms with E-state index in [0.717, 1.165) is 54.4 Å². The molecule has 0 unspecified atom stereocenters. The van der Waals surface area contributed by atoms with Gasteiger partial charge in [0.25, 0.3) is 10.0 Å². The number of nitrogens with one attached hydrogen (secondary N) is 1. The van der Waals surface area contributed by atoms with Gasteiger partial charge >= 0.3 is 29.6 Å². The number of anilines is 2. The first-order valence-corrected chi connectivity index (χ1v) is 28.3. The number of pyridine rings is 2. The molecule has 24 heteroatoms. The van der Waals surface area contributed by atoms with Crippen molar-refractivity contribution in [1.29, 1.82) is 0 Å². The number of H-pyrrole nitrogens is 1. The molecule has 0 aliphatic carbocycles. The summed E-state index contributed by atoms with van der Waals surface area (Å²) in [7, 11) is -6.99. The number of aryl methyl sites for hydroxylation is 3. The quantitative estimate of drug-likeness (QED) is 0.207. The number of aromatic amines is 1. The van der Waals surface area contributed by atoms with Crippen LogP contribution in [0.15, 0.2) is 86.7 Å². The molecule has 0 bridgehead atoms. The van der Waals surface area contributed by atoms with Crippen LogP contribution in [-0.4, -0.2) is 152 Å². The minimum absolute atomic E-state index is 0. The molecule has 8 heterocycles. The average Bonchev–Trinajstić information content (AvgIpc) is 3.88. The van der Waals surface area contributed by atoms with Gasteiger partial charge in [-0.05, 0) is 71.0 Å². The van der Waals surface area contributed by atoms with Crippen LogP contribution in [0, 0.1) is 20.8 Å². The van der Waals surface area contributed by atoms with Crippen molar-refractivity contribution in [3.63, 3.8) is 0 Å². The molecule has 2 aliphatic rings. The number of benzene rings is 1. The second-order valence-corrected chi connectivity index (χ2v) is 24.0. The third-order valence-electron chi connectivity index (χ3n) is 10.9. The van der Waals surface area contributed by atoms with Crippen molar-refractivity contribution >= 4 is 74.8 Å². The molecule has 7 aromatic rings. The Morgan fingerprint density at radius 3 is 1.63 bits per heavy atom.